The smallest absolute Gasteiger partial charge is 0.351 e. The molecule has 0 aromatic carbocycles. The van der Waals surface area contributed by atoms with Gasteiger partial charge < -0.3 is 4.74 Å². The van der Waals surface area contributed by atoms with Crippen molar-refractivity contribution in [1.82, 2.24) is 15.0 Å². The largest absolute Gasteiger partial charge is 0.463 e. The van der Waals surface area contributed by atoms with Crippen LogP contribution in [0, 0.1) is 0 Å². The maximum Gasteiger partial charge on any atom is 0.351 e. The molecule has 2 rings (SSSR count). The first-order valence-corrected chi connectivity index (χ1v) is 6.80. The maximum atomic E-state index is 13.6. The molecule has 2 aromatic heterocycles. The highest BCUT2D eigenvalue weighted by Gasteiger charge is 2.21. The number of halogens is 1. The average Bonchev–Trinajstić information content (AvgIpc) is 2.48. The summed E-state index contributed by atoms with van der Waals surface area (Å²) in [5.41, 5.74) is -0.614. The lowest BCUT2D eigenvalue weighted by atomic mass is 10.3. The van der Waals surface area contributed by atoms with E-state index in [1.54, 1.807) is 31.3 Å². The third-order valence-corrected chi connectivity index (χ3v) is 3.05. The van der Waals surface area contributed by atoms with Gasteiger partial charge in [0, 0.05) is 12.4 Å². The van der Waals surface area contributed by atoms with Gasteiger partial charge in [-0.05, 0) is 36.9 Å². The Bertz CT molecular complexity index is 583. The molecule has 5 nitrogen and oxygen atoms in total. The van der Waals surface area contributed by atoms with Crippen molar-refractivity contribution in [2.45, 2.75) is 17.6 Å². The summed E-state index contributed by atoms with van der Waals surface area (Å²) in [7, 11) is 0. The molecule has 0 aliphatic heterocycles. The first-order chi connectivity index (χ1) is 9.70. The van der Waals surface area contributed by atoms with Crippen LogP contribution >= 0.6 is 11.8 Å². The standard InChI is InChI=1S/C13H12FN3O2S/c1-2-19-12(18)11(14)20-13-16-8-6-10(17-13)9-5-3-4-7-15-9/h3-8,11H,2H2,1H3. The molecule has 1 unspecified atom stereocenters. The summed E-state index contributed by atoms with van der Waals surface area (Å²) in [6.07, 6.45) is 3.14. The van der Waals surface area contributed by atoms with Crippen molar-refractivity contribution in [1.29, 1.82) is 0 Å². The molecule has 1 atom stereocenters. The molecular formula is C13H12FN3O2S. The van der Waals surface area contributed by atoms with E-state index in [0.717, 1.165) is 0 Å². The van der Waals surface area contributed by atoms with Crippen LogP contribution in [-0.4, -0.2) is 33.0 Å². The van der Waals surface area contributed by atoms with Crippen molar-refractivity contribution in [3.63, 3.8) is 0 Å². The van der Waals surface area contributed by atoms with E-state index in [0.29, 0.717) is 23.1 Å². The average molecular weight is 293 g/mol. The van der Waals surface area contributed by atoms with E-state index in [1.807, 2.05) is 6.07 Å². The molecule has 0 bridgehead atoms. The Kier molecular flexibility index (Phi) is 5.00. The number of rotatable bonds is 5. The van der Waals surface area contributed by atoms with Gasteiger partial charge in [-0.2, -0.15) is 0 Å². The van der Waals surface area contributed by atoms with E-state index < -0.39 is 11.5 Å². The number of nitrogens with zero attached hydrogens (tertiary/aromatic N) is 3. The number of aromatic nitrogens is 3. The fourth-order valence-electron chi connectivity index (χ4n) is 1.40. The summed E-state index contributed by atoms with van der Waals surface area (Å²) in [5, 5.41) is 0.161. The summed E-state index contributed by atoms with van der Waals surface area (Å²) in [5.74, 6) is -0.927. The molecule has 0 spiro atoms. The van der Waals surface area contributed by atoms with Crippen LogP contribution in [0.1, 0.15) is 6.92 Å². The van der Waals surface area contributed by atoms with E-state index in [4.69, 9.17) is 0 Å². The van der Waals surface area contributed by atoms with E-state index in [1.165, 1.54) is 6.20 Å². The monoisotopic (exact) mass is 293 g/mol. The van der Waals surface area contributed by atoms with Gasteiger partial charge in [0.25, 0.3) is 0 Å². The molecule has 2 aromatic rings. The summed E-state index contributed by atoms with van der Waals surface area (Å²) >= 11 is 0.609. The van der Waals surface area contributed by atoms with Crippen molar-refractivity contribution >= 4 is 17.7 Å². The number of alkyl halides is 1. The topological polar surface area (TPSA) is 65.0 Å². The molecule has 7 heteroatoms. The number of carbonyl (C=O) groups excluding carboxylic acids is 1. The Morgan fingerprint density at radius 1 is 1.30 bits per heavy atom. The first kappa shape index (κ1) is 14.4. The molecule has 0 aliphatic carbocycles. The highest BCUT2D eigenvalue weighted by Crippen LogP contribution is 2.23. The van der Waals surface area contributed by atoms with Crippen molar-refractivity contribution in [2.24, 2.45) is 0 Å². The molecule has 20 heavy (non-hydrogen) atoms. The van der Waals surface area contributed by atoms with Crippen molar-refractivity contribution < 1.29 is 13.9 Å². The van der Waals surface area contributed by atoms with E-state index >= 15 is 0 Å². The lowest BCUT2D eigenvalue weighted by Gasteiger charge is -2.06. The maximum absolute atomic E-state index is 13.6. The Balaban J connectivity index is 2.12. The zero-order chi connectivity index (χ0) is 14.4. The summed E-state index contributed by atoms with van der Waals surface area (Å²) in [4.78, 5) is 23.5. The van der Waals surface area contributed by atoms with Gasteiger partial charge in [-0.25, -0.2) is 19.2 Å². The minimum Gasteiger partial charge on any atom is -0.463 e. The molecule has 0 amide bonds. The highest BCUT2D eigenvalue weighted by atomic mass is 32.2. The third-order valence-electron chi connectivity index (χ3n) is 2.24. The quantitative estimate of drug-likeness (QED) is 0.479. The number of pyridine rings is 1. The molecule has 0 fully saturated rings. The van der Waals surface area contributed by atoms with Gasteiger partial charge in [-0.15, -0.1) is 0 Å². The van der Waals surface area contributed by atoms with Crippen LogP contribution in [-0.2, 0) is 9.53 Å². The van der Waals surface area contributed by atoms with E-state index in [9.17, 15) is 9.18 Å². The fourth-order valence-corrected chi connectivity index (χ4v) is 2.03. The van der Waals surface area contributed by atoms with Gasteiger partial charge in [-0.3, -0.25) is 4.98 Å². The molecule has 0 radical (unpaired) electrons. The Morgan fingerprint density at radius 2 is 2.15 bits per heavy atom. The van der Waals surface area contributed by atoms with E-state index in [2.05, 4.69) is 19.7 Å². The van der Waals surface area contributed by atoms with Gasteiger partial charge in [0.2, 0.25) is 5.50 Å². The number of thioether (sulfide) groups is 1. The Labute approximate surface area is 119 Å². The first-order valence-electron chi connectivity index (χ1n) is 5.92. The lowest BCUT2D eigenvalue weighted by Crippen LogP contribution is -2.15. The second-order valence-corrected chi connectivity index (χ2v) is 4.64. The Morgan fingerprint density at radius 3 is 2.85 bits per heavy atom. The van der Waals surface area contributed by atoms with Crippen LogP contribution in [0.15, 0.2) is 41.8 Å². The lowest BCUT2D eigenvalue weighted by molar-refractivity contribution is -0.145. The predicted octanol–water partition coefficient (Wildman–Crippen LogP) is 2.49. The van der Waals surface area contributed by atoms with Gasteiger partial charge in [0.1, 0.15) is 0 Å². The summed E-state index contributed by atoms with van der Waals surface area (Å²) < 4.78 is 18.2. The van der Waals surface area contributed by atoms with Crippen molar-refractivity contribution in [2.75, 3.05) is 6.61 Å². The number of hydrogen-bond donors (Lipinski definition) is 0. The van der Waals surface area contributed by atoms with Crippen LogP contribution in [0.2, 0.25) is 0 Å². The minimum absolute atomic E-state index is 0.134. The van der Waals surface area contributed by atoms with Crippen LogP contribution in [0.5, 0.6) is 0 Å². The van der Waals surface area contributed by atoms with Crippen LogP contribution < -0.4 is 0 Å². The number of hydrogen-bond acceptors (Lipinski definition) is 6. The van der Waals surface area contributed by atoms with E-state index in [-0.39, 0.29) is 11.8 Å². The third kappa shape index (κ3) is 3.74. The van der Waals surface area contributed by atoms with Gasteiger partial charge in [0.05, 0.1) is 18.0 Å². The zero-order valence-corrected chi connectivity index (χ0v) is 11.5. The zero-order valence-electron chi connectivity index (χ0n) is 10.7. The molecular weight excluding hydrogens is 281 g/mol. The predicted molar refractivity (Wildman–Crippen MR) is 72.6 cm³/mol. The van der Waals surface area contributed by atoms with Crippen molar-refractivity contribution in [3.05, 3.63) is 36.7 Å². The van der Waals surface area contributed by atoms with Gasteiger partial charge in [-0.1, -0.05) is 6.07 Å². The number of ether oxygens (including phenoxy) is 1. The van der Waals surface area contributed by atoms with Crippen LogP contribution in [0.4, 0.5) is 4.39 Å². The second kappa shape index (κ2) is 6.95. The molecule has 0 saturated heterocycles. The Hall–Kier alpha value is -2.02. The van der Waals surface area contributed by atoms with Crippen LogP contribution in [0.25, 0.3) is 11.4 Å². The normalized spacial score (nSPS) is 11.9. The van der Waals surface area contributed by atoms with Gasteiger partial charge >= 0.3 is 5.97 Å². The molecule has 104 valence electrons. The molecule has 2 heterocycles. The summed E-state index contributed by atoms with van der Waals surface area (Å²) in [6.45, 7) is 1.75. The fraction of sp³-hybridized carbons (Fsp3) is 0.231. The molecule has 0 saturated carbocycles. The van der Waals surface area contributed by atoms with Gasteiger partial charge in [0.15, 0.2) is 5.16 Å². The van der Waals surface area contributed by atoms with Crippen LogP contribution in [0.3, 0.4) is 0 Å². The second-order valence-electron chi connectivity index (χ2n) is 3.63. The minimum atomic E-state index is -1.84. The van der Waals surface area contributed by atoms with Crippen molar-refractivity contribution in [3.8, 4) is 11.4 Å². The number of esters is 1. The molecule has 0 aliphatic rings. The summed E-state index contributed by atoms with van der Waals surface area (Å²) in [6, 6.07) is 7.07. The highest BCUT2D eigenvalue weighted by molar-refractivity contribution is 8.00. The molecule has 0 N–H and O–H groups in total. The SMILES string of the molecule is CCOC(=O)C(F)Sc1nccc(-c2ccccn2)n1. The number of carbonyl (C=O) groups is 1.